The van der Waals surface area contributed by atoms with Crippen LogP contribution < -0.4 is 14.4 Å². The van der Waals surface area contributed by atoms with E-state index in [1.807, 2.05) is 37.3 Å². The number of anilines is 1. The van der Waals surface area contributed by atoms with Gasteiger partial charge in [0.2, 0.25) is 5.13 Å². The number of carbonyl (C=O) groups excluding carboxylic acids is 2. The van der Waals surface area contributed by atoms with Crippen LogP contribution in [0.1, 0.15) is 60.0 Å². The normalized spacial score (nSPS) is 15.4. The fourth-order valence-corrected chi connectivity index (χ4v) is 7.99. The van der Waals surface area contributed by atoms with Crippen LogP contribution in [0.25, 0.3) is 5.76 Å². The quantitative estimate of drug-likeness (QED) is 0.0298. The zero-order valence-corrected chi connectivity index (χ0v) is 31.1. The van der Waals surface area contributed by atoms with Gasteiger partial charge in [0.15, 0.2) is 4.34 Å². The molecule has 4 aromatic carbocycles. The van der Waals surface area contributed by atoms with Crippen molar-refractivity contribution in [3.8, 4) is 11.5 Å². The van der Waals surface area contributed by atoms with Gasteiger partial charge < -0.3 is 14.6 Å². The number of amides is 1. The van der Waals surface area contributed by atoms with E-state index in [9.17, 15) is 14.7 Å². The van der Waals surface area contributed by atoms with Crippen molar-refractivity contribution in [2.24, 2.45) is 0 Å². The monoisotopic (exact) mass is 759 g/mol. The predicted molar refractivity (Wildman–Crippen MR) is 204 cm³/mol. The van der Waals surface area contributed by atoms with Crippen molar-refractivity contribution in [3.63, 3.8) is 0 Å². The van der Waals surface area contributed by atoms with E-state index in [1.54, 1.807) is 60.7 Å². The Bertz CT molecular complexity index is 2050. The van der Waals surface area contributed by atoms with Crippen molar-refractivity contribution in [2.75, 3.05) is 11.5 Å². The van der Waals surface area contributed by atoms with Crippen LogP contribution in [0, 0.1) is 6.92 Å². The first-order valence-corrected chi connectivity index (χ1v) is 19.0. The van der Waals surface area contributed by atoms with Gasteiger partial charge >= 0.3 is 5.91 Å². The predicted octanol–water partition coefficient (Wildman–Crippen LogP) is 10.2. The molecule has 51 heavy (non-hydrogen) atoms. The maximum absolute atomic E-state index is 13.8. The standard InChI is InChI=1S/C39H35Cl2N3O5S2/c1-3-4-7-20-48-30-16-11-25(12-17-30)34-33(35(45)26-13-18-31(19-14-26)49-22-27-9-6-5-8-24(27)2)36(46)37(47)44(34)38-42-43-39(51-38)50-23-28-10-15-29(40)21-32(28)41/h5-6,8-19,21,34,45H,3-4,7,20,22-23H2,1-2H3. The molecule has 5 aromatic rings. The van der Waals surface area contributed by atoms with Crippen LogP contribution in [0.15, 0.2) is 101 Å². The summed E-state index contributed by atoms with van der Waals surface area (Å²) in [5, 5.41) is 21.6. The third-order valence-corrected chi connectivity index (χ3v) is 11.1. The first kappa shape index (κ1) is 36.4. The maximum atomic E-state index is 13.8. The van der Waals surface area contributed by atoms with E-state index in [2.05, 4.69) is 17.1 Å². The second-order valence-corrected chi connectivity index (χ2v) is 14.9. The molecule has 2 heterocycles. The topological polar surface area (TPSA) is 102 Å². The highest BCUT2D eigenvalue weighted by molar-refractivity contribution is 8.00. The number of rotatable bonds is 14. The number of ketones is 1. The third kappa shape index (κ3) is 8.59. The number of unbranched alkanes of at least 4 members (excludes halogenated alkanes) is 2. The first-order valence-electron chi connectivity index (χ1n) is 16.4. The molecule has 1 N–H and O–H groups in total. The summed E-state index contributed by atoms with van der Waals surface area (Å²) >= 11 is 15.0. The largest absolute Gasteiger partial charge is 0.507 e. The highest BCUT2D eigenvalue weighted by Gasteiger charge is 2.48. The van der Waals surface area contributed by atoms with Gasteiger partial charge in [-0.25, -0.2) is 0 Å². The summed E-state index contributed by atoms with van der Waals surface area (Å²) in [6, 6.07) is 26.3. The zero-order chi connectivity index (χ0) is 35.9. The number of halogens is 2. The van der Waals surface area contributed by atoms with Crippen LogP contribution in [0.2, 0.25) is 10.0 Å². The average molecular weight is 761 g/mol. The van der Waals surface area contributed by atoms with Crippen molar-refractivity contribution in [3.05, 3.63) is 134 Å². The number of Topliss-reactive ketones (excluding diaryl/α,β-unsaturated/α-hetero) is 1. The molecule has 6 rings (SSSR count). The molecule has 262 valence electrons. The molecule has 8 nitrogen and oxygen atoms in total. The van der Waals surface area contributed by atoms with Gasteiger partial charge in [-0.1, -0.05) is 109 Å². The van der Waals surface area contributed by atoms with Gasteiger partial charge in [-0.05, 0) is 84.1 Å². The van der Waals surface area contributed by atoms with Crippen molar-refractivity contribution in [2.45, 2.75) is 55.9 Å². The SMILES string of the molecule is CCCCCOc1ccc(C2C(=C(O)c3ccc(OCc4ccccc4C)cc3)C(=O)C(=O)N2c2nnc(SCc3ccc(Cl)cc3Cl)s2)cc1. The smallest absolute Gasteiger partial charge is 0.301 e. The summed E-state index contributed by atoms with van der Waals surface area (Å²) in [5.74, 6) is -0.175. The molecule has 0 saturated carbocycles. The van der Waals surface area contributed by atoms with Crippen molar-refractivity contribution in [1.29, 1.82) is 0 Å². The van der Waals surface area contributed by atoms with E-state index in [1.165, 1.54) is 28.0 Å². The Morgan fingerprint density at radius 3 is 2.35 bits per heavy atom. The average Bonchev–Trinajstić information content (AvgIpc) is 3.71. The molecule has 1 aliphatic rings. The van der Waals surface area contributed by atoms with Gasteiger partial charge in [-0.15, -0.1) is 10.2 Å². The van der Waals surface area contributed by atoms with Gasteiger partial charge in [-0.2, -0.15) is 0 Å². The number of nitrogens with zero attached hydrogens (tertiary/aromatic N) is 3. The van der Waals surface area contributed by atoms with Crippen LogP contribution in [0.4, 0.5) is 5.13 Å². The van der Waals surface area contributed by atoms with Crippen LogP contribution >= 0.6 is 46.3 Å². The van der Waals surface area contributed by atoms with Gasteiger partial charge in [0.05, 0.1) is 18.2 Å². The summed E-state index contributed by atoms with van der Waals surface area (Å²) in [4.78, 5) is 28.8. The number of aromatic nitrogens is 2. The number of hydrogen-bond acceptors (Lipinski definition) is 9. The van der Waals surface area contributed by atoms with Crippen LogP contribution in [0.5, 0.6) is 11.5 Å². The number of benzene rings is 4. The summed E-state index contributed by atoms with van der Waals surface area (Å²) in [6.07, 6.45) is 3.10. The molecule has 1 aliphatic heterocycles. The lowest BCUT2D eigenvalue weighted by atomic mass is 9.95. The lowest BCUT2D eigenvalue weighted by molar-refractivity contribution is -0.132. The van der Waals surface area contributed by atoms with Crippen LogP contribution in [-0.4, -0.2) is 33.6 Å². The van der Waals surface area contributed by atoms with E-state index in [0.717, 1.165) is 36.0 Å². The maximum Gasteiger partial charge on any atom is 0.301 e. The van der Waals surface area contributed by atoms with Crippen molar-refractivity contribution < 1.29 is 24.2 Å². The fraction of sp³-hybridized carbons (Fsp3) is 0.231. The minimum atomic E-state index is -0.965. The second kappa shape index (κ2) is 16.8. The molecular formula is C39H35Cl2N3O5S2. The van der Waals surface area contributed by atoms with Crippen LogP contribution in [-0.2, 0) is 21.9 Å². The van der Waals surface area contributed by atoms with Crippen LogP contribution in [0.3, 0.4) is 0 Å². The van der Waals surface area contributed by atoms with Gasteiger partial charge in [0.25, 0.3) is 5.78 Å². The van der Waals surface area contributed by atoms with Gasteiger partial charge in [0, 0.05) is 21.4 Å². The Balaban J connectivity index is 1.29. The molecule has 0 radical (unpaired) electrons. The van der Waals surface area contributed by atoms with E-state index in [4.69, 9.17) is 32.7 Å². The molecule has 0 spiro atoms. The number of aliphatic hydroxyl groups excluding tert-OH is 1. The Morgan fingerprint density at radius 1 is 0.902 bits per heavy atom. The molecule has 1 saturated heterocycles. The molecule has 12 heteroatoms. The van der Waals surface area contributed by atoms with E-state index >= 15 is 0 Å². The molecule has 1 aromatic heterocycles. The third-order valence-electron chi connectivity index (χ3n) is 8.41. The Kier molecular flexibility index (Phi) is 12.0. The zero-order valence-electron chi connectivity index (χ0n) is 28.0. The second-order valence-electron chi connectivity index (χ2n) is 11.9. The minimum absolute atomic E-state index is 0.0532. The van der Waals surface area contributed by atoms with Gasteiger partial charge in [0.1, 0.15) is 23.9 Å². The van der Waals surface area contributed by atoms with Gasteiger partial charge in [-0.3, -0.25) is 14.5 Å². The number of aryl methyl sites for hydroxylation is 1. The highest BCUT2D eigenvalue weighted by Crippen LogP contribution is 2.44. The van der Waals surface area contributed by atoms with E-state index in [0.29, 0.717) is 56.0 Å². The number of thioether (sulfide) groups is 1. The van der Waals surface area contributed by atoms with Crippen molar-refractivity contribution >= 4 is 68.9 Å². The number of carbonyl (C=O) groups is 2. The summed E-state index contributed by atoms with van der Waals surface area (Å²) in [6.45, 7) is 5.13. The summed E-state index contributed by atoms with van der Waals surface area (Å²) in [7, 11) is 0. The molecule has 1 atom stereocenters. The molecule has 0 bridgehead atoms. The van der Waals surface area contributed by atoms with E-state index in [-0.39, 0.29) is 16.5 Å². The number of ether oxygens (including phenoxy) is 2. The number of aliphatic hydroxyl groups is 1. The molecule has 0 aliphatic carbocycles. The Morgan fingerprint density at radius 2 is 1.63 bits per heavy atom. The Hall–Kier alpha value is -4.35. The lowest BCUT2D eigenvalue weighted by Gasteiger charge is -2.22. The molecular weight excluding hydrogens is 725 g/mol. The lowest BCUT2D eigenvalue weighted by Crippen LogP contribution is -2.29. The first-order chi connectivity index (χ1) is 24.7. The minimum Gasteiger partial charge on any atom is -0.507 e. The number of hydrogen-bond donors (Lipinski definition) is 1. The van der Waals surface area contributed by atoms with E-state index < -0.39 is 17.7 Å². The fourth-order valence-electron chi connectivity index (χ4n) is 5.57. The molecule has 1 amide bonds. The summed E-state index contributed by atoms with van der Waals surface area (Å²) in [5.41, 5.74) is 3.97. The Labute approximate surface area is 315 Å². The molecule has 1 unspecified atom stereocenters. The van der Waals surface area contributed by atoms with Crippen molar-refractivity contribution in [1.82, 2.24) is 10.2 Å². The molecule has 1 fully saturated rings. The summed E-state index contributed by atoms with van der Waals surface area (Å²) < 4.78 is 12.5. The highest BCUT2D eigenvalue weighted by atomic mass is 35.5.